The zero-order valence-corrected chi connectivity index (χ0v) is 23.5. The highest BCUT2D eigenvalue weighted by molar-refractivity contribution is 6.40. The molecule has 2 aromatic carbocycles. The number of aromatic nitrogens is 2. The number of piperazine rings is 1. The number of nitrogens with zero attached hydrogens (tertiary/aromatic N) is 5. The monoisotopic (exact) mass is 539 g/mol. The third-order valence-corrected chi connectivity index (χ3v) is 7.75. The van der Waals surface area contributed by atoms with Gasteiger partial charge in [0.25, 0.3) is 0 Å². The lowest BCUT2D eigenvalue weighted by Gasteiger charge is -2.35. The fourth-order valence-electron chi connectivity index (χ4n) is 4.40. The SMILES string of the molecule is C=C(Nc1c(Cl)c(C)cc(CC)c1Cl)N(C)c1cc(Nc2ccc(N3CCN(CC)CC3)cc2)ncn1. The van der Waals surface area contributed by atoms with Crippen molar-refractivity contribution in [1.82, 2.24) is 14.9 Å². The maximum atomic E-state index is 6.62. The Morgan fingerprint density at radius 3 is 2.38 bits per heavy atom. The highest BCUT2D eigenvalue weighted by atomic mass is 35.5. The van der Waals surface area contributed by atoms with Crippen LogP contribution in [0.25, 0.3) is 0 Å². The van der Waals surface area contributed by atoms with Gasteiger partial charge in [0, 0.05) is 50.7 Å². The molecule has 0 unspecified atom stereocenters. The molecule has 2 N–H and O–H groups in total. The quantitative estimate of drug-likeness (QED) is 0.319. The van der Waals surface area contributed by atoms with Gasteiger partial charge in [-0.1, -0.05) is 49.7 Å². The molecule has 0 spiro atoms. The fraction of sp³-hybridized carbons (Fsp3) is 0.357. The predicted molar refractivity (Wildman–Crippen MR) is 158 cm³/mol. The van der Waals surface area contributed by atoms with Gasteiger partial charge in [-0.3, -0.25) is 0 Å². The Balaban J connectivity index is 1.43. The van der Waals surface area contributed by atoms with Crippen molar-refractivity contribution in [3.8, 4) is 0 Å². The van der Waals surface area contributed by atoms with Gasteiger partial charge in [-0.25, -0.2) is 9.97 Å². The third-order valence-electron chi connectivity index (χ3n) is 6.83. The van der Waals surface area contributed by atoms with Crippen LogP contribution >= 0.6 is 23.2 Å². The molecular formula is C28H35Cl2N7. The summed E-state index contributed by atoms with van der Waals surface area (Å²) in [5, 5.41) is 7.85. The number of hydrogen-bond donors (Lipinski definition) is 2. The van der Waals surface area contributed by atoms with Crippen molar-refractivity contribution in [1.29, 1.82) is 0 Å². The summed E-state index contributed by atoms with van der Waals surface area (Å²) in [6.45, 7) is 15.9. The van der Waals surface area contributed by atoms with Gasteiger partial charge >= 0.3 is 0 Å². The van der Waals surface area contributed by atoms with E-state index in [0.29, 0.717) is 33.2 Å². The minimum absolute atomic E-state index is 0.581. The van der Waals surface area contributed by atoms with E-state index in [1.807, 2.05) is 31.0 Å². The van der Waals surface area contributed by atoms with Crippen LogP contribution in [0.5, 0.6) is 0 Å². The summed E-state index contributed by atoms with van der Waals surface area (Å²) in [6.07, 6.45) is 2.34. The summed E-state index contributed by atoms with van der Waals surface area (Å²) >= 11 is 13.2. The van der Waals surface area contributed by atoms with Crippen LogP contribution in [-0.2, 0) is 6.42 Å². The maximum Gasteiger partial charge on any atom is 0.139 e. The molecule has 1 fully saturated rings. The number of anilines is 5. The van der Waals surface area contributed by atoms with Crippen molar-refractivity contribution in [2.75, 3.05) is 60.2 Å². The third kappa shape index (κ3) is 6.29. The van der Waals surface area contributed by atoms with Gasteiger partial charge in [0.15, 0.2) is 0 Å². The highest BCUT2D eigenvalue weighted by Crippen LogP contribution is 2.37. The topological polar surface area (TPSA) is 59.6 Å². The van der Waals surface area contributed by atoms with Crippen LogP contribution in [0, 0.1) is 6.92 Å². The van der Waals surface area contributed by atoms with E-state index in [-0.39, 0.29) is 0 Å². The van der Waals surface area contributed by atoms with Gasteiger partial charge in [0.05, 0.1) is 15.7 Å². The van der Waals surface area contributed by atoms with E-state index in [2.05, 4.69) is 75.1 Å². The number of aryl methyl sites for hydroxylation is 2. The Labute approximate surface area is 230 Å². The average molecular weight is 541 g/mol. The van der Waals surface area contributed by atoms with E-state index in [1.165, 1.54) is 12.0 Å². The molecule has 196 valence electrons. The molecule has 3 aromatic rings. The molecular weight excluding hydrogens is 505 g/mol. The summed E-state index contributed by atoms with van der Waals surface area (Å²) in [5.74, 6) is 1.96. The van der Waals surface area contributed by atoms with Crippen molar-refractivity contribution in [2.24, 2.45) is 0 Å². The fourth-order valence-corrected chi connectivity index (χ4v) is 4.97. The predicted octanol–water partition coefficient (Wildman–Crippen LogP) is 6.56. The van der Waals surface area contributed by atoms with E-state index < -0.39 is 0 Å². The van der Waals surface area contributed by atoms with E-state index in [4.69, 9.17) is 23.2 Å². The number of benzene rings is 2. The van der Waals surface area contributed by atoms with Crippen molar-refractivity contribution >= 4 is 51.9 Å². The van der Waals surface area contributed by atoms with Crippen LogP contribution < -0.4 is 20.4 Å². The van der Waals surface area contributed by atoms with Gasteiger partial charge in [-0.2, -0.15) is 0 Å². The first-order valence-corrected chi connectivity index (χ1v) is 13.4. The van der Waals surface area contributed by atoms with E-state index in [1.54, 1.807) is 0 Å². The second-order valence-electron chi connectivity index (χ2n) is 9.19. The van der Waals surface area contributed by atoms with E-state index in [9.17, 15) is 0 Å². The summed E-state index contributed by atoms with van der Waals surface area (Å²) in [4.78, 5) is 15.6. The smallest absolute Gasteiger partial charge is 0.139 e. The first kappa shape index (κ1) is 27.0. The number of likely N-dealkylation sites (N-methyl/N-ethyl adjacent to an activating group) is 1. The van der Waals surface area contributed by atoms with Gasteiger partial charge in [0.2, 0.25) is 0 Å². The Morgan fingerprint density at radius 1 is 1.03 bits per heavy atom. The minimum atomic E-state index is 0.581. The van der Waals surface area contributed by atoms with Crippen LogP contribution in [0.4, 0.5) is 28.7 Å². The first-order valence-electron chi connectivity index (χ1n) is 12.6. The van der Waals surface area contributed by atoms with Crippen molar-refractivity contribution in [3.05, 3.63) is 76.3 Å². The first-order chi connectivity index (χ1) is 17.8. The normalized spacial score (nSPS) is 13.9. The molecule has 0 radical (unpaired) electrons. The molecule has 1 aromatic heterocycles. The number of hydrogen-bond acceptors (Lipinski definition) is 7. The molecule has 1 aliphatic rings. The minimum Gasteiger partial charge on any atom is -0.369 e. The molecule has 0 saturated carbocycles. The summed E-state index contributed by atoms with van der Waals surface area (Å²) in [7, 11) is 1.88. The Kier molecular flexibility index (Phi) is 8.79. The number of nitrogens with one attached hydrogen (secondary N) is 2. The molecule has 9 heteroatoms. The Morgan fingerprint density at radius 2 is 1.73 bits per heavy atom. The summed E-state index contributed by atoms with van der Waals surface area (Å²) in [5.41, 5.74) is 4.85. The van der Waals surface area contributed by atoms with Crippen LogP contribution in [0.3, 0.4) is 0 Å². The molecule has 0 bridgehead atoms. The van der Waals surface area contributed by atoms with E-state index >= 15 is 0 Å². The van der Waals surface area contributed by atoms with Gasteiger partial charge < -0.3 is 25.3 Å². The average Bonchev–Trinajstić information content (AvgIpc) is 2.93. The van der Waals surface area contributed by atoms with Crippen LogP contribution in [-0.4, -0.2) is 54.6 Å². The largest absolute Gasteiger partial charge is 0.369 e. The Bertz CT molecular complexity index is 1240. The highest BCUT2D eigenvalue weighted by Gasteiger charge is 2.17. The lowest BCUT2D eigenvalue weighted by molar-refractivity contribution is 0.271. The molecule has 1 saturated heterocycles. The van der Waals surface area contributed by atoms with Gasteiger partial charge in [-0.05, 0) is 55.3 Å². The second kappa shape index (κ2) is 12.0. The van der Waals surface area contributed by atoms with Crippen LogP contribution in [0.15, 0.2) is 55.1 Å². The molecule has 37 heavy (non-hydrogen) atoms. The van der Waals surface area contributed by atoms with Crippen LogP contribution in [0.1, 0.15) is 25.0 Å². The van der Waals surface area contributed by atoms with E-state index in [0.717, 1.165) is 56.0 Å². The number of rotatable bonds is 9. The summed E-state index contributed by atoms with van der Waals surface area (Å²) in [6, 6.07) is 12.4. The van der Waals surface area contributed by atoms with Crippen molar-refractivity contribution in [2.45, 2.75) is 27.2 Å². The maximum absolute atomic E-state index is 6.62. The Hall–Kier alpha value is -3.00. The summed E-state index contributed by atoms with van der Waals surface area (Å²) < 4.78 is 0. The second-order valence-corrected chi connectivity index (χ2v) is 9.95. The molecule has 2 heterocycles. The lowest BCUT2D eigenvalue weighted by Crippen LogP contribution is -2.46. The van der Waals surface area contributed by atoms with Gasteiger partial charge in [0.1, 0.15) is 23.8 Å². The molecule has 0 atom stereocenters. The standard InChI is InChI=1S/C28H35Cl2N7/c1-6-21-16-19(3)26(29)28(27(21)30)33-20(4)35(5)25-17-24(31-18-32-25)34-22-8-10-23(11-9-22)37-14-12-36(7-2)13-15-37/h8-11,16-18,33H,4,6-7,12-15H2,1-3,5H3,(H,31,32,34). The zero-order chi connectivity index (χ0) is 26.5. The molecule has 0 aliphatic carbocycles. The number of halogens is 2. The molecule has 1 aliphatic heterocycles. The molecule has 7 nitrogen and oxygen atoms in total. The lowest BCUT2D eigenvalue weighted by atomic mass is 10.1. The van der Waals surface area contributed by atoms with Gasteiger partial charge in [-0.15, -0.1) is 0 Å². The molecule has 0 amide bonds. The molecule has 4 rings (SSSR count). The van der Waals surface area contributed by atoms with Crippen molar-refractivity contribution in [3.63, 3.8) is 0 Å². The van der Waals surface area contributed by atoms with Crippen molar-refractivity contribution < 1.29 is 0 Å². The zero-order valence-electron chi connectivity index (χ0n) is 22.0. The van der Waals surface area contributed by atoms with Crippen LogP contribution in [0.2, 0.25) is 10.0 Å².